The third-order valence-electron chi connectivity index (χ3n) is 13.6. The summed E-state index contributed by atoms with van der Waals surface area (Å²) in [5, 5.41) is 8.64. The van der Waals surface area contributed by atoms with Crippen molar-refractivity contribution in [2.24, 2.45) is 0 Å². The van der Waals surface area contributed by atoms with Gasteiger partial charge in [-0.15, -0.1) is 0 Å². The molecular formula is C57H36N2O3. The van der Waals surface area contributed by atoms with E-state index in [1.54, 1.807) is 0 Å². The van der Waals surface area contributed by atoms with Crippen LogP contribution in [0.1, 0.15) is 25.0 Å². The molecule has 14 rings (SSSR count). The Bertz CT molecular complexity index is 3990. The maximum atomic E-state index is 7.27. The average Bonchev–Trinajstić information content (AvgIpc) is 4.11. The van der Waals surface area contributed by atoms with E-state index in [1.165, 1.54) is 33.0 Å². The second-order valence-corrected chi connectivity index (χ2v) is 17.2. The molecule has 4 heterocycles. The van der Waals surface area contributed by atoms with Crippen LogP contribution in [0.4, 0.5) is 17.1 Å². The second kappa shape index (κ2) is 12.1. The van der Waals surface area contributed by atoms with Gasteiger partial charge in [-0.25, -0.2) is 0 Å². The lowest BCUT2D eigenvalue weighted by molar-refractivity contribution is 0.660. The number of anilines is 3. The molecule has 0 atom stereocenters. The average molecular weight is 797 g/mol. The number of hydrogen-bond acceptors (Lipinski definition) is 4. The van der Waals surface area contributed by atoms with Crippen LogP contribution in [0.2, 0.25) is 0 Å². The van der Waals surface area contributed by atoms with Crippen LogP contribution in [0.3, 0.4) is 0 Å². The third-order valence-corrected chi connectivity index (χ3v) is 13.6. The third kappa shape index (κ3) is 4.41. The SMILES string of the molecule is CC1(C)c2ccccc2-c2ccc(N(c3ccc4c(c3)oc3c(-n5c6ccccc6c6ccccc65)c5c(cc34)oc3ccccc35)c3cccc4c3oc3ccccc34)cc21. The van der Waals surface area contributed by atoms with Crippen LogP contribution in [-0.2, 0) is 5.41 Å². The summed E-state index contributed by atoms with van der Waals surface area (Å²) in [4.78, 5) is 2.34. The number of nitrogens with zero attached hydrogens (tertiary/aromatic N) is 2. The molecule has 62 heavy (non-hydrogen) atoms. The molecule has 0 saturated carbocycles. The minimum absolute atomic E-state index is 0.175. The second-order valence-electron chi connectivity index (χ2n) is 17.2. The fourth-order valence-corrected chi connectivity index (χ4v) is 10.8. The predicted molar refractivity (Wildman–Crippen MR) is 255 cm³/mol. The van der Waals surface area contributed by atoms with Gasteiger partial charge in [-0.1, -0.05) is 129 Å². The molecular weight excluding hydrogens is 761 g/mol. The van der Waals surface area contributed by atoms with E-state index in [9.17, 15) is 0 Å². The van der Waals surface area contributed by atoms with Crippen LogP contribution in [0.5, 0.6) is 0 Å². The molecule has 0 unspecified atom stereocenters. The van der Waals surface area contributed by atoms with Gasteiger partial charge in [0.05, 0.1) is 27.8 Å². The number of fused-ring (bicyclic) bond motifs is 15. The van der Waals surface area contributed by atoms with Crippen LogP contribution in [0.15, 0.2) is 195 Å². The van der Waals surface area contributed by atoms with Gasteiger partial charge in [-0.3, -0.25) is 0 Å². The van der Waals surface area contributed by atoms with Crippen molar-refractivity contribution in [2.45, 2.75) is 19.3 Å². The first-order valence-corrected chi connectivity index (χ1v) is 21.3. The van der Waals surface area contributed by atoms with E-state index in [0.29, 0.717) is 0 Å². The van der Waals surface area contributed by atoms with Gasteiger partial charge in [0.1, 0.15) is 28.0 Å². The Labute approximate surface area is 355 Å². The number of para-hydroxylation sites is 5. The van der Waals surface area contributed by atoms with Crippen molar-refractivity contribution in [2.75, 3.05) is 4.90 Å². The molecule has 9 aromatic carbocycles. The van der Waals surface area contributed by atoms with E-state index >= 15 is 0 Å². The molecule has 292 valence electrons. The summed E-state index contributed by atoms with van der Waals surface area (Å²) < 4.78 is 23.1. The largest absolute Gasteiger partial charge is 0.456 e. The van der Waals surface area contributed by atoms with Gasteiger partial charge in [-0.05, 0) is 82.9 Å². The van der Waals surface area contributed by atoms with Crippen LogP contribution in [0, 0.1) is 0 Å². The molecule has 4 aromatic heterocycles. The van der Waals surface area contributed by atoms with Crippen molar-refractivity contribution in [3.8, 4) is 16.8 Å². The molecule has 5 nitrogen and oxygen atoms in total. The van der Waals surface area contributed by atoms with Crippen LogP contribution >= 0.6 is 0 Å². The summed E-state index contributed by atoms with van der Waals surface area (Å²) in [6.07, 6.45) is 0. The molecule has 0 saturated heterocycles. The monoisotopic (exact) mass is 796 g/mol. The predicted octanol–water partition coefficient (Wildman–Crippen LogP) is 16.3. The Hall–Kier alpha value is -8.02. The summed E-state index contributed by atoms with van der Waals surface area (Å²) in [7, 11) is 0. The number of rotatable bonds is 4. The Morgan fingerprint density at radius 1 is 0.403 bits per heavy atom. The summed E-state index contributed by atoms with van der Waals surface area (Å²) in [5.74, 6) is 0. The first-order valence-electron chi connectivity index (χ1n) is 21.3. The number of aromatic nitrogens is 1. The molecule has 0 radical (unpaired) electrons. The summed E-state index contributed by atoms with van der Waals surface area (Å²) in [5.41, 5.74) is 16.2. The van der Waals surface area contributed by atoms with Gasteiger partial charge in [0.25, 0.3) is 0 Å². The quantitative estimate of drug-likeness (QED) is 0.178. The molecule has 0 amide bonds. The van der Waals surface area contributed by atoms with Crippen LogP contribution < -0.4 is 4.90 Å². The van der Waals surface area contributed by atoms with Gasteiger partial charge in [0.15, 0.2) is 11.2 Å². The smallest absolute Gasteiger partial charge is 0.160 e. The Balaban J connectivity index is 1.06. The van der Waals surface area contributed by atoms with Gasteiger partial charge in [0.2, 0.25) is 0 Å². The zero-order chi connectivity index (χ0) is 40.8. The number of furan rings is 3. The van der Waals surface area contributed by atoms with E-state index < -0.39 is 0 Å². The Morgan fingerprint density at radius 2 is 1.00 bits per heavy atom. The van der Waals surface area contributed by atoms with Crippen molar-refractivity contribution in [1.29, 1.82) is 0 Å². The standard InChI is InChI=1S/C57H36N2O3/c1-57(2)44-20-8-3-14-35(44)36-28-26-33(30-45(36)57)58(48-23-13-19-41-39-17-6-11-24-49(39)61-55(41)48)34-27-29-40-43-32-52-53(42-18-7-12-25-50(42)60-52)54(56(43)62-51(40)31-34)59-46-21-9-4-15-37(46)38-16-5-10-22-47(38)59/h3-32H,1-2H3. The van der Waals surface area contributed by atoms with Gasteiger partial charge >= 0.3 is 0 Å². The van der Waals surface area contributed by atoms with E-state index in [1.807, 2.05) is 24.3 Å². The molecule has 0 bridgehead atoms. The fraction of sp³-hybridized carbons (Fsp3) is 0.0526. The topological polar surface area (TPSA) is 47.6 Å². The fourth-order valence-electron chi connectivity index (χ4n) is 10.8. The van der Waals surface area contributed by atoms with Crippen LogP contribution in [-0.4, -0.2) is 4.57 Å². The highest BCUT2D eigenvalue weighted by Crippen LogP contribution is 2.52. The zero-order valence-electron chi connectivity index (χ0n) is 33.9. The molecule has 0 fully saturated rings. The lowest BCUT2D eigenvalue weighted by Gasteiger charge is -2.28. The maximum Gasteiger partial charge on any atom is 0.160 e. The molecule has 0 spiro atoms. The van der Waals surface area contributed by atoms with E-state index in [-0.39, 0.29) is 5.41 Å². The maximum absolute atomic E-state index is 7.27. The molecule has 13 aromatic rings. The lowest BCUT2D eigenvalue weighted by atomic mass is 9.82. The molecule has 0 aliphatic heterocycles. The van der Waals surface area contributed by atoms with E-state index in [4.69, 9.17) is 13.3 Å². The Morgan fingerprint density at radius 3 is 1.81 bits per heavy atom. The first-order chi connectivity index (χ1) is 30.5. The van der Waals surface area contributed by atoms with Gasteiger partial charge < -0.3 is 22.7 Å². The van der Waals surface area contributed by atoms with Crippen LogP contribution in [0.25, 0.3) is 104 Å². The molecule has 5 heteroatoms. The van der Waals surface area contributed by atoms with Crippen molar-refractivity contribution < 1.29 is 13.3 Å². The number of benzene rings is 9. The molecule has 0 N–H and O–H groups in total. The highest BCUT2D eigenvalue weighted by atomic mass is 16.3. The summed E-state index contributed by atoms with van der Waals surface area (Å²) in [6, 6.07) is 64.9. The van der Waals surface area contributed by atoms with Crippen molar-refractivity contribution >= 4 is 105 Å². The first kappa shape index (κ1) is 33.8. The van der Waals surface area contributed by atoms with Crippen molar-refractivity contribution in [1.82, 2.24) is 4.57 Å². The summed E-state index contributed by atoms with van der Waals surface area (Å²) in [6.45, 7) is 4.67. The number of hydrogen-bond donors (Lipinski definition) is 0. The molecule has 1 aliphatic rings. The minimum Gasteiger partial charge on any atom is -0.456 e. The minimum atomic E-state index is -0.175. The van der Waals surface area contributed by atoms with E-state index in [0.717, 1.165) is 99.6 Å². The van der Waals surface area contributed by atoms with Gasteiger partial charge in [0, 0.05) is 54.9 Å². The van der Waals surface area contributed by atoms with Gasteiger partial charge in [-0.2, -0.15) is 0 Å². The Kier molecular flexibility index (Phi) is 6.57. The summed E-state index contributed by atoms with van der Waals surface area (Å²) >= 11 is 0. The normalized spacial score (nSPS) is 13.5. The van der Waals surface area contributed by atoms with E-state index in [2.05, 4.69) is 181 Å². The highest BCUT2D eigenvalue weighted by Gasteiger charge is 2.36. The molecule has 1 aliphatic carbocycles. The highest BCUT2D eigenvalue weighted by molar-refractivity contribution is 6.23. The lowest BCUT2D eigenvalue weighted by Crippen LogP contribution is -2.16. The van der Waals surface area contributed by atoms with Crippen molar-refractivity contribution in [3.05, 3.63) is 193 Å². The van der Waals surface area contributed by atoms with Crippen molar-refractivity contribution in [3.63, 3.8) is 0 Å². The zero-order valence-corrected chi connectivity index (χ0v) is 33.9.